The van der Waals surface area contributed by atoms with E-state index in [1.165, 1.54) is 0 Å². The van der Waals surface area contributed by atoms with E-state index in [0.717, 1.165) is 33.4 Å². The van der Waals surface area contributed by atoms with Crippen LogP contribution in [0, 0.1) is 0 Å². The van der Waals surface area contributed by atoms with E-state index in [2.05, 4.69) is 31.3 Å². The van der Waals surface area contributed by atoms with Crippen LogP contribution < -0.4 is 5.32 Å². The van der Waals surface area contributed by atoms with E-state index in [1.807, 2.05) is 65.6 Å². The maximum Gasteiger partial charge on any atom is 0.229 e. The summed E-state index contributed by atoms with van der Waals surface area (Å²) < 4.78 is 1.96. The predicted octanol–water partition coefficient (Wildman–Crippen LogP) is 4.04. The largest absolute Gasteiger partial charge is 0.361 e. The Hall–Kier alpha value is -3.67. The number of anilines is 2. The van der Waals surface area contributed by atoms with Crippen LogP contribution >= 0.6 is 0 Å². The molecule has 0 amide bonds. The Morgan fingerprint density at radius 1 is 0.960 bits per heavy atom. The molecule has 0 bridgehead atoms. The van der Waals surface area contributed by atoms with Crippen LogP contribution in [0.5, 0.6) is 0 Å². The third-order valence-electron chi connectivity index (χ3n) is 4.13. The molecule has 4 aromatic heterocycles. The lowest BCUT2D eigenvalue weighted by Gasteiger charge is -2.07. The average molecular weight is 326 g/mol. The van der Waals surface area contributed by atoms with Crippen LogP contribution in [0.3, 0.4) is 0 Å². The lowest BCUT2D eigenvalue weighted by atomic mass is 10.2. The second kappa shape index (κ2) is 5.45. The van der Waals surface area contributed by atoms with Crippen molar-refractivity contribution in [2.75, 3.05) is 5.32 Å². The fraction of sp³-hybridized carbons (Fsp3) is 0. The van der Waals surface area contributed by atoms with Crippen molar-refractivity contribution in [3.63, 3.8) is 0 Å². The molecule has 1 aromatic carbocycles. The Kier molecular flexibility index (Phi) is 3.00. The van der Waals surface area contributed by atoms with Gasteiger partial charge in [-0.05, 0) is 42.5 Å². The van der Waals surface area contributed by atoms with Gasteiger partial charge in [-0.2, -0.15) is 4.98 Å². The first-order valence-electron chi connectivity index (χ1n) is 7.96. The maximum atomic E-state index is 4.67. The zero-order valence-electron chi connectivity index (χ0n) is 13.2. The highest BCUT2D eigenvalue weighted by atomic mass is 15.2. The molecule has 0 spiro atoms. The van der Waals surface area contributed by atoms with Gasteiger partial charge in [0.2, 0.25) is 5.95 Å². The van der Waals surface area contributed by atoms with Crippen molar-refractivity contribution in [3.05, 3.63) is 73.3 Å². The van der Waals surface area contributed by atoms with E-state index in [1.54, 1.807) is 6.20 Å². The number of pyridine rings is 1. The molecule has 6 heteroatoms. The standard InChI is InChI=1S/C19H14N6/c1-2-8-21-17(3-1)25-10-7-14-12-22-19(24-18(14)25)23-15-4-5-16-13(11-15)6-9-20-16/h1-12,20H,(H,22,23,24). The smallest absolute Gasteiger partial charge is 0.229 e. The highest BCUT2D eigenvalue weighted by Gasteiger charge is 2.08. The third-order valence-corrected chi connectivity index (χ3v) is 4.13. The van der Waals surface area contributed by atoms with E-state index in [9.17, 15) is 0 Å². The van der Waals surface area contributed by atoms with Gasteiger partial charge in [0.25, 0.3) is 0 Å². The number of aromatic amines is 1. The summed E-state index contributed by atoms with van der Waals surface area (Å²) in [5, 5.41) is 5.39. The van der Waals surface area contributed by atoms with Crippen molar-refractivity contribution >= 4 is 33.6 Å². The van der Waals surface area contributed by atoms with E-state index in [-0.39, 0.29) is 0 Å². The number of hydrogen-bond donors (Lipinski definition) is 2. The van der Waals surface area contributed by atoms with E-state index >= 15 is 0 Å². The molecule has 2 N–H and O–H groups in total. The molecule has 4 heterocycles. The van der Waals surface area contributed by atoms with Crippen LogP contribution in [0.2, 0.25) is 0 Å². The Morgan fingerprint density at radius 3 is 2.88 bits per heavy atom. The first-order valence-corrected chi connectivity index (χ1v) is 7.96. The minimum Gasteiger partial charge on any atom is -0.361 e. The molecule has 0 atom stereocenters. The van der Waals surface area contributed by atoms with Gasteiger partial charge >= 0.3 is 0 Å². The topological polar surface area (TPSA) is 71.4 Å². The molecule has 0 aliphatic rings. The first-order chi connectivity index (χ1) is 12.4. The predicted molar refractivity (Wildman–Crippen MR) is 98.2 cm³/mol. The van der Waals surface area contributed by atoms with Gasteiger partial charge in [0.15, 0.2) is 5.65 Å². The Labute approximate surface area is 143 Å². The quantitative estimate of drug-likeness (QED) is 0.525. The van der Waals surface area contributed by atoms with Crippen LogP contribution in [-0.2, 0) is 0 Å². The lowest BCUT2D eigenvalue weighted by molar-refractivity contribution is 1.02. The van der Waals surface area contributed by atoms with Gasteiger partial charge in [0, 0.05) is 46.8 Å². The fourth-order valence-electron chi connectivity index (χ4n) is 2.92. The van der Waals surface area contributed by atoms with Gasteiger partial charge in [0.05, 0.1) is 0 Å². The second-order valence-corrected chi connectivity index (χ2v) is 5.75. The number of fused-ring (bicyclic) bond motifs is 2. The van der Waals surface area contributed by atoms with Crippen molar-refractivity contribution in [3.8, 4) is 5.82 Å². The van der Waals surface area contributed by atoms with Crippen molar-refractivity contribution in [2.45, 2.75) is 0 Å². The monoisotopic (exact) mass is 326 g/mol. The number of nitrogens with zero attached hydrogens (tertiary/aromatic N) is 4. The molecule has 120 valence electrons. The molecule has 0 aliphatic carbocycles. The molecule has 0 radical (unpaired) electrons. The molecule has 5 rings (SSSR count). The fourth-order valence-corrected chi connectivity index (χ4v) is 2.92. The normalized spacial score (nSPS) is 11.2. The lowest BCUT2D eigenvalue weighted by Crippen LogP contribution is -2.00. The van der Waals surface area contributed by atoms with Gasteiger partial charge in [-0.15, -0.1) is 0 Å². The van der Waals surface area contributed by atoms with Crippen LogP contribution in [0.25, 0.3) is 27.8 Å². The van der Waals surface area contributed by atoms with Crippen LogP contribution in [0.1, 0.15) is 0 Å². The number of nitrogens with one attached hydrogen (secondary N) is 2. The summed E-state index contributed by atoms with van der Waals surface area (Å²) in [6.45, 7) is 0. The number of aromatic nitrogens is 5. The van der Waals surface area contributed by atoms with E-state index in [0.29, 0.717) is 5.95 Å². The summed E-state index contributed by atoms with van der Waals surface area (Å²) >= 11 is 0. The molecular weight excluding hydrogens is 312 g/mol. The highest BCUT2D eigenvalue weighted by Crippen LogP contribution is 2.22. The molecule has 0 unspecified atom stereocenters. The van der Waals surface area contributed by atoms with Crippen molar-refractivity contribution in [1.29, 1.82) is 0 Å². The molecule has 0 saturated carbocycles. The minimum absolute atomic E-state index is 0.554. The van der Waals surface area contributed by atoms with Gasteiger partial charge in [-0.25, -0.2) is 9.97 Å². The summed E-state index contributed by atoms with van der Waals surface area (Å²) in [7, 11) is 0. The van der Waals surface area contributed by atoms with Crippen LogP contribution in [-0.4, -0.2) is 24.5 Å². The van der Waals surface area contributed by atoms with Crippen LogP contribution in [0.15, 0.2) is 73.3 Å². The average Bonchev–Trinajstić information content (AvgIpc) is 3.28. The number of rotatable bonds is 3. The Morgan fingerprint density at radius 2 is 1.96 bits per heavy atom. The molecule has 5 aromatic rings. The van der Waals surface area contributed by atoms with E-state index in [4.69, 9.17) is 0 Å². The van der Waals surface area contributed by atoms with Gasteiger partial charge in [-0.1, -0.05) is 6.07 Å². The van der Waals surface area contributed by atoms with E-state index < -0.39 is 0 Å². The summed E-state index contributed by atoms with van der Waals surface area (Å²) in [6, 6.07) is 15.9. The molecular formula is C19H14N6. The van der Waals surface area contributed by atoms with Gasteiger partial charge in [-0.3, -0.25) is 4.57 Å². The van der Waals surface area contributed by atoms with Crippen molar-refractivity contribution < 1.29 is 0 Å². The van der Waals surface area contributed by atoms with Gasteiger partial charge in [0.1, 0.15) is 5.82 Å². The number of H-pyrrole nitrogens is 1. The summed E-state index contributed by atoms with van der Waals surface area (Å²) in [5.74, 6) is 1.38. The summed E-state index contributed by atoms with van der Waals surface area (Å²) in [4.78, 5) is 16.7. The highest BCUT2D eigenvalue weighted by molar-refractivity contribution is 5.84. The third kappa shape index (κ3) is 2.40. The molecule has 6 nitrogen and oxygen atoms in total. The zero-order chi connectivity index (χ0) is 16.6. The molecule has 0 aliphatic heterocycles. The molecule has 0 fully saturated rings. The van der Waals surface area contributed by atoms with Crippen LogP contribution in [0.4, 0.5) is 11.6 Å². The summed E-state index contributed by atoms with van der Waals surface area (Å²) in [6.07, 6.45) is 7.47. The SMILES string of the molecule is c1ccc(-n2ccc3cnc(Nc4ccc5[nH]ccc5c4)nc32)nc1. The van der Waals surface area contributed by atoms with Crippen molar-refractivity contribution in [1.82, 2.24) is 24.5 Å². The maximum absolute atomic E-state index is 4.67. The second-order valence-electron chi connectivity index (χ2n) is 5.75. The first kappa shape index (κ1) is 13.7. The van der Waals surface area contributed by atoms with Crippen molar-refractivity contribution in [2.24, 2.45) is 0 Å². The Bertz CT molecular complexity index is 1170. The molecule has 25 heavy (non-hydrogen) atoms. The Balaban J connectivity index is 1.55. The molecule has 0 saturated heterocycles. The zero-order valence-corrected chi connectivity index (χ0v) is 13.2. The summed E-state index contributed by atoms with van der Waals surface area (Å²) in [5.41, 5.74) is 2.87. The minimum atomic E-state index is 0.554. The van der Waals surface area contributed by atoms with Gasteiger partial charge < -0.3 is 10.3 Å². The number of benzene rings is 1. The number of hydrogen-bond acceptors (Lipinski definition) is 4.